The van der Waals surface area contributed by atoms with Crippen LogP contribution in [0.25, 0.3) is 0 Å². The standard InChI is InChI=1S/C7H6BrI/c8-7-4-2-1-3-6(7)5-9/h1-4H,5H2. The summed E-state index contributed by atoms with van der Waals surface area (Å²) in [4.78, 5) is 0. The Hall–Kier alpha value is 0.430. The maximum atomic E-state index is 3.45. The van der Waals surface area contributed by atoms with E-state index < -0.39 is 0 Å². The van der Waals surface area contributed by atoms with Crippen LogP contribution in [0.15, 0.2) is 28.7 Å². The minimum Gasteiger partial charge on any atom is -0.0811 e. The largest absolute Gasteiger partial charge is 0.0811 e. The number of rotatable bonds is 1. The number of halogens is 2. The van der Waals surface area contributed by atoms with Crippen LogP contribution < -0.4 is 0 Å². The fraction of sp³-hybridized carbons (Fsp3) is 0.143. The molecule has 9 heavy (non-hydrogen) atoms. The van der Waals surface area contributed by atoms with Crippen molar-refractivity contribution >= 4 is 38.5 Å². The van der Waals surface area contributed by atoms with Crippen LogP contribution in [-0.4, -0.2) is 0 Å². The predicted octanol–water partition coefficient (Wildman–Crippen LogP) is 3.38. The van der Waals surface area contributed by atoms with Crippen LogP contribution >= 0.6 is 38.5 Å². The van der Waals surface area contributed by atoms with Gasteiger partial charge in [0.25, 0.3) is 0 Å². The Morgan fingerprint density at radius 3 is 2.44 bits per heavy atom. The van der Waals surface area contributed by atoms with Crippen molar-refractivity contribution in [1.82, 2.24) is 0 Å². The molecular weight excluding hydrogens is 291 g/mol. The SMILES string of the molecule is Brc1ccccc1CI. The molecule has 0 aliphatic rings. The zero-order valence-electron chi connectivity index (χ0n) is 4.77. The van der Waals surface area contributed by atoms with Gasteiger partial charge in [-0.05, 0) is 11.6 Å². The molecule has 1 aromatic carbocycles. The van der Waals surface area contributed by atoms with Crippen LogP contribution in [0.4, 0.5) is 0 Å². The highest BCUT2D eigenvalue weighted by atomic mass is 127. The lowest BCUT2D eigenvalue weighted by molar-refractivity contribution is 1.42. The molecule has 0 saturated carbocycles. The first-order chi connectivity index (χ1) is 4.34. The van der Waals surface area contributed by atoms with Crippen molar-refractivity contribution in [2.45, 2.75) is 4.43 Å². The molecule has 0 spiro atoms. The first-order valence-corrected chi connectivity index (χ1v) is 4.96. The first kappa shape index (κ1) is 7.54. The summed E-state index contributed by atoms with van der Waals surface area (Å²) in [7, 11) is 0. The number of alkyl halides is 1. The van der Waals surface area contributed by atoms with Crippen LogP contribution in [0.3, 0.4) is 0 Å². The van der Waals surface area contributed by atoms with Gasteiger partial charge in [0.05, 0.1) is 0 Å². The minimum atomic E-state index is 1.07. The van der Waals surface area contributed by atoms with E-state index in [9.17, 15) is 0 Å². The Kier molecular flexibility index (Phi) is 2.98. The Balaban J connectivity index is 3.01. The van der Waals surface area contributed by atoms with Crippen LogP contribution in [0.2, 0.25) is 0 Å². The highest BCUT2D eigenvalue weighted by molar-refractivity contribution is 14.1. The van der Waals surface area contributed by atoms with Gasteiger partial charge in [0.2, 0.25) is 0 Å². The van der Waals surface area contributed by atoms with Gasteiger partial charge in [0.15, 0.2) is 0 Å². The minimum absolute atomic E-state index is 1.07. The third kappa shape index (κ3) is 1.93. The first-order valence-electron chi connectivity index (χ1n) is 2.64. The molecule has 2 heteroatoms. The lowest BCUT2D eigenvalue weighted by Crippen LogP contribution is -1.75. The van der Waals surface area contributed by atoms with E-state index in [0.717, 1.165) is 4.43 Å². The van der Waals surface area contributed by atoms with Gasteiger partial charge >= 0.3 is 0 Å². The molecule has 0 aliphatic carbocycles. The molecule has 0 fully saturated rings. The molecule has 0 atom stereocenters. The molecular formula is C7H6BrI. The third-order valence-corrected chi connectivity index (χ3v) is 2.70. The van der Waals surface area contributed by atoms with Gasteiger partial charge < -0.3 is 0 Å². The van der Waals surface area contributed by atoms with Crippen molar-refractivity contribution < 1.29 is 0 Å². The molecule has 0 nitrogen and oxygen atoms in total. The summed E-state index contributed by atoms with van der Waals surface area (Å²) in [6.45, 7) is 0. The van der Waals surface area contributed by atoms with Crippen LogP contribution in [0, 0.1) is 0 Å². The van der Waals surface area contributed by atoms with E-state index in [2.05, 4.69) is 56.7 Å². The van der Waals surface area contributed by atoms with E-state index in [1.807, 2.05) is 6.07 Å². The van der Waals surface area contributed by atoms with Crippen molar-refractivity contribution in [1.29, 1.82) is 0 Å². The fourth-order valence-electron chi connectivity index (χ4n) is 0.607. The molecule has 0 aliphatic heterocycles. The van der Waals surface area contributed by atoms with Gasteiger partial charge in [-0.25, -0.2) is 0 Å². The Morgan fingerprint density at radius 2 is 2.00 bits per heavy atom. The molecule has 0 N–H and O–H groups in total. The lowest BCUT2D eigenvalue weighted by Gasteiger charge is -1.95. The van der Waals surface area contributed by atoms with Crippen molar-refractivity contribution in [3.05, 3.63) is 34.3 Å². The van der Waals surface area contributed by atoms with Gasteiger partial charge in [0.1, 0.15) is 0 Å². The van der Waals surface area contributed by atoms with Gasteiger partial charge in [-0.2, -0.15) is 0 Å². The Morgan fingerprint density at radius 1 is 1.33 bits per heavy atom. The highest BCUT2D eigenvalue weighted by Gasteiger charge is 1.92. The molecule has 1 aromatic rings. The van der Waals surface area contributed by atoms with E-state index in [1.54, 1.807) is 0 Å². The second kappa shape index (κ2) is 3.56. The monoisotopic (exact) mass is 296 g/mol. The maximum absolute atomic E-state index is 3.45. The van der Waals surface area contributed by atoms with Gasteiger partial charge in [-0.1, -0.05) is 56.7 Å². The average Bonchev–Trinajstić information content (AvgIpc) is 1.89. The zero-order chi connectivity index (χ0) is 6.69. The second-order valence-corrected chi connectivity index (χ2v) is 3.34. The Bertz CT molecular complexity index is 198. The molecule has 0 aromatic heterocycles. The summed E-state index contributed by atoms with van der Waals surface area (Å²) in [6.07, 6.45) is 0. The van der Waals surface area contributed by atoms with E-state index >= 15 is 0 Å². The summed E-state index contributed by atoms with van der Waals surface area (Å²) in [5, 5.41) is 0. The average molecular weight is 297 g/mol. The van der Waals surface area contributed by atoms with E-state index in [-0.39, 0.29) is 0 Å². The summed E-state index contributed by atoms with van der Waals surface area (Å²) in [5.74, 6) is 0. The van der Waals surface area contributed by atoms with Crippen LogP contribution in [0.1, 0.15) is 5.56 Å². The summed E-state index contributed by atoms with van der Waals surface area (Å²) < 4.78 is 2.28. The van der Waals surface area contributed by atoms with Gasteiger partial charge in [-0.15, -0.1) is 0 Å². The van der Waals surface area contributed by atoms with Crippen LogP contribution in [0.5, 0.6) is 0 Å². The molecule has 0 radical (unpaired) electrons. The normalized spacial score (nSPS) is 9.56. The molecule has 0 heterocycles. The maximum Gasteiger partial charge on any atom is 0.0258 e. The predicted molar refractivity (Wildman–Crippen MR) is 51.9 cm³/mol. The van der Waals surface area contributed by atoms with Gasteiger partial charge in [0, 0.05) is 8.90 Å². The van der Waals surface area contributed by atoms with Crippen molar-refractivity contribution in [3.63, 3.8) is 0 Å². The van der Waals surface area contributed by atoms with E-state index in [0.29, 0.717) is 0 Å². The third-order valence-electron chi connectivity index (χ3n) is 1.10. The Labute approximate surface area is 76.9 Å². The molecule has 48 valence electrons. The lowest BCUT2D eigenvalue weighted by atomic mass is 10.2. The summed E-state index contributed by atoms with van der Waals surface area (Å²) in [5.41, 5.74) is 1.36. The van der Waals surface area contributed by atoms with Crippen LogP contribution in [-0.2, 0) is 4.43 Å². The quantitative estimate of drug-likeness (QED) is 0.550. The molecule has 0 unspecified atom stereocenters. The molecule has 0 amide bonds. The van der Waals surface area contributed by atoms with Crippen molar-refractivity contribution in [3.8, 4) is 0 Å². The smallest absolute Gasteiger partial charge is 0.0258 e. The summed E-state index contributed by atoms with van der Waals surface area (Å²) in [6, 6.07) is 8.27. The van der Waals surface area contributed by atoms with Crippen molar-refractivity contribution in [2.75, 3.05) is 0 Å². The topological polar surface area (TPSA) is 0 Å². The zero-order valence-corrected chi connectivity index (χ0v) is 8.52. The highest BCUT2D eigenvalue weighted by Crippen LogP contribution is 2.17. The van der Waals surface area contributed by atoms with Crippen molar-refractivity contribution in [2.24, 2.45) is 0 Å². The number of hydrogen-bond donors (Lipinski definition) is 0. The van der Waals surface area contributed by atoms with Gasteiger partial charge in [-0.3, -0.25) is 0 Å². The fourth-order valence-corrected chi connectivity index (χ4v) is 2.22. The second-order valence-electron chi connectivity index (χ2n) is 1.73. The van der Waals surface area contributed by atoms with E-state index in [1.165, 1.54) is 10.0 Å². The summed E-state index contributed by atoms with van der Waals surface area (Å²) >= 11 is 5.80. The van der Waals surface area contributed by atoms with E-state index in [4.69, 9.17) is 0 Å². The number of hydrogen-bond acceptors (Lipinski definition) is 0. The molecule has 0 bridgehead atoms. The number of benzene rings is 1. The molecule has 0 saturated heterocycles. The molecule has 1 rings (SSSR count).